The molecule has 162 valence electrons. The Hall–Kier alpha value is -3.17. The zero-order valence-corrected chi connectivity index (χ0v) is 17.1. The van der Waals surface area contributed by atoms with E-state index in [1.165, 1.54) is 6.20 Å². The Balaban J connectivity index is 1.33. The van der Waals surface area contributed by atoms with Crippen LogP contribution < -0.4 is 4.90 Å². The molecule has 5 rings (SSSR count). The minimum atomic E-state index is -4.49. The summed E-state index contributed by atoms with van der Waals surface area (Å²) < 4.78 is 40.8. The second kappa shape index (κ2) is 6.93. The van der Waals surface area contributed by atoms with Crippen LogP contribution in [-0.2, 0) is 24.1 Å². The minimum Gasteiger partial charge on any atom is -0.371 e. The van der Waals surface area contributed by atoms with Crippen LogP contribution in [0.25, 0.3) is 5.65 Å². The lowest BCUT2D eigenvalue weighted by Crippen LogP contribution is -2.34. The van der Waals surface area contributed by atoms with Crippen LogP contribution in [0, 0.1) is 19.8 Å². The molecule has 7 nitrogen and oxygen atoms in total. The fourth-order valence-corrected chi connectivity index (χ4v) is 4.55. The number of nitrogens with zero attached hydrogens (tertiary/aromatic N) is 6. The second-order valence-corrected chi connectivity index (χ2v) is 8.20. The molecule has 0 aromatic carbocycles. The van der Waals surface area contributed by atoms with Gasteiger partial charge in [-0.15, -0.1) is 0 Å². The number of carbonyl (C=O) groups is 1. The zero-order chi connectivity index (χ0) is 21.9. The van der Waals surface area contributed by atoms with Gasteiger partial charge in [0, 0.05) is 31.5 Å². The molecule has 0 radical (unpaired) electrons. The number of hydrogen-bond acceptors (Lipinski definition) is 5. The van der Waals surface area contributed by atoms with Crippen LogP contribution in [0.1, 0.15) is 34.8 Å². The highest BCUT2D eigenvalue weighted by atomic mass is 19.4. The summed E-state index contributed by atoms with van der Waals surface area (Å²) in [5.74, 6) is 0.442. The van der Waals surface area contributed by atoms with Crippen molar-refractivity contribution < 1.29 is 18.0 Å². The molecule has 10 heteroatoms. The van der Waals surface area contributed by atoms with E-state index in [0.29, 0.717) is 44.1 Å². The number of carbonyl (C=O) groups excluding carboxylic acids is 1. The largest absolute Gasteiger partial charge is 0.433 e. The SMILES string of the molecule is Cc1nc2cc(C)c3c(n2n1)CN(C(=O)C1CCN(c2ccnc(C(F)(F)F)c2)C1)C3. The Bertz CT molecular complexity index is 1190. The first kappa shape index (κ1) is 19.8. The number of rotatable bonds is 2. The van der Waals surface area contributed by atoms with Crippen molar-refractivity contribution in [2.45, 2.75) is 39.5 Å². The quantitative estimate of drug-likeness (QED) is 0.625. The molecule has 1 saturated heterocycles. The number of aryl methyl sites for hydroxylation is 2. The van der Waals surface area contributed by atoms with Crippen LogP contribution in [0.4, 0.5) is 18.9 Å². The minimum absolute atomic E-state index is 0.0215. The third-order valence-electron chi connectivity index (χ3n) is 6.10. The van der Waals surface area contributed by atoms with Gasteiger partial charge in [-0.3, -0.25) is 9.78 Å². The Morgan fingerprint density at radius 2 is 2.00 bits per heavy atom. The van der Waals surface area contributed by atoms with Crippen molar-refractivity contribution in [1.82, 2.24) is 24.5 Å². The van der Waals surface area contributed by atoms with Gasteiger partial charge >= 0.3 is 6.18 Å². The Labute approximate surface area is 176 Å². The molecule has 5 heterocycles. The number of aromatic nitrogens is 4. The third kappa shape index (κ3) is 3.39. The molecule has 3 aromatic rings. The first-order valence-electron chi connectivity index (χ1n) is 10.1. The topological polar surface area (TPSA) is 66.6 Å². The summed E-state index contributed by atoms with van der Waals surface area (Å²) in [5, 5.41) is 4.46. The second-order valence-electron chi connectivity index (χ2n) is 8.20. The van der Waals surface area contributed by atoms with Crippen LogP contribution in [0.5, 0.6) is 0 Å². The van der Waals surface area contributed by atoms with Crippen LogP contribution in [0.2, 0.25) is 0 Å². The Kier molecular flexibility index (Phi) is 4.42. The van der Waals surface area contributed by atoms with Gasteiger partial charge in [-0.2, -0.15) is 18.3 Å². The van der Waals surface area contributed by atoms with E-state index in [1.807, 2.05) is 34.2 Å². The Morgan fingerprint density at radius 3 is 2.77 bits per heavy atom. The van der Waals surface area contributed by atoms with E-state index in [-0.39, 0.29) is 11.8 Å². The molecule has 1 fully saturated rings. The number of halogens is 3. The monoisotopic (exact) mass is 430 g/mol. The smallest absolute Gasteiger partial charge is 0.371 e. The fourth-order valence-electron chi connectivity index (χ4n) is 4.55. The average molecular weight is 430 g/mol. The predicted octanol–water partition coefficient (Wildman–Crippen LogP) is 3.13. The molecule has 0 saturated carbocycles. The average Bonchev–Trinajstić information content (AvgIpc) is 3.44. The van der Waals surface area contributed by atoms with Crippen LogP contribution >= 0.6 is 0 Å². The molecule has 2 aliphatic heterocycles. The molecule has 0 spiro atoms. The zero-order valence-electron chi connectivity index (χ0n) is 17.1. The first-order valence-corrected chi connectivity index (χ1v) is 10.1. The summed E-state index contributed by atoms with van der Waals surface area (Å²) >= 11 is 0. The highest BCUT2D eigenvalue weighted by molar-refractivity contribution is 5.81. The lowest BCUT2D eigenvalue weighted by molar-refractivity contribution is -0.141. The van der Waals surface area contributed by atoms with Crippen molar-refractivity contribution in [3.8, 4) is 0 Å². The maximum atomic E-state index is 13.2. The maximum absolute atomic E-state index is 13.2. The maximum Gasteiger partial charge on any atom is 0.433 e. The van der Waals surface area contributed by atoms with Crippen LogP contribution in [0.3, 0.4) is 0 Å². The van der Waals surface area contributed by atoms with E-state index in [1.54, 1.807) is 6.07 Å². The summed E-state index contributed by atoms with van der Waals surface area (Å²) in [7, 11) is 0. The number of pyridine rings is 2. The van der Waals surface area contributed by atoms with Gasteiger partial charge in [0.2, 0.25) is 5.91 Å². The van der Waals surface area contributed by atoms with E-state index in [2.05, 4.69) is 15.1 Å². The van der Waals surface area contributed by atoms with Crippen molar-refractivity contribution in [1.29, 1.82) is 0 Å². The van der Waals surface area contributed by atoms with Crippen LogP contribution in [-0.4, -0.2) is 43.5 Å². The van der Waals surface area contributed by atoms with Gasteiger partial charge in [0.1, 0.15) is 11.5 Å². The lowest BCUT2D eigenvalue weighted by atomic mass is 10.1. The summed E-state index contributed by atoms with van der Waals surface area (Å²) in [6.45, 7) is 5.74. The molecule has 1 unspecified atom stereocenters. The van der Waals surface area contributed by atoms with Crippen molar-refractivity contribution >= 4 is 17.2 Å². The first-order chi connectivity index (χ1) is 14.7. The van der Waals surface area contributed by atoms with E-state index < -0.39 is 11.9 Å². The highest BCUT2D eigenvalue weighted by Gasteiger charge is 2.37. The molecule has 31 heavy (non-hydrogen) atoms. The van der Waals surface area contributed by atoms with Gasteiger partial charge in [-0.1, -0.05) is 0 Å². The summed E-state index contributed by atoms with van der Waals surface area (Å²) in [6.07, 6.45) is -2.72. The summed E-state index contributed by atoms with van der Waals surface area (Å²) in [5.41, 5.74) is 3.44. The van der Waals surface area contributed by atoms with Gasteiger partial charge in [0.25, 0.3) is 0 Å². The van der Waals surface area contributed by atoms with E-state index in [9.17, 15) is 18.0 Å². The molecule has 2 aliphatic rings. The third-order valence-corrected chi connectivity index (χ3v) is 6.10. The summed E-state index contributed by atoms with van der Waals surface area (Å²) in [4.78, 5) is 24.7. The number of alkyl halides is 3. The number of amides is 1. The van der Waals surface area contributed by atoms with Crippen molar-refractivity contribution in [2.24, 2.45) is 5.92 Å². The molecule has 3 aromatic heterocycles. The molecule has 0 aliphatic carbocycles. The standard InChI is InChI=1S/C21H21F3N6O/c1-12-7-19-26-13(2)27-30(19)17-11-29(10-16(12)17)20(31)14-4-6-28(9-14)15-3-5-25-18(8-15)21(22,23)24/h3,5,7-8,14H,4,6,9-11H2,1-2H3. The molecular formula is C21H21F3N6O. The molecular weight excluding hydrogens is 409 g/mol. The highest BCUT2D eigenvalue weighted by Crippen LogP contribution is 2.33. The van der Waals surface area contributed by atoms with Crippen molar-refractivity contribution in [3.63, 3.8) is 0 Å². The Morgan fingerprint density at radius 1 is 1.19 bits per heavy atom. The van der Waals surface area contributed by atoms with E-state index in [4.69, 9.17) is 0 Å². The number of anilines is 1. The van der Waals surface area contributed by atoms with Crippen molar-refractivity contribution in [3.05, 3.63) is 52.7 Å². The predicted molar refractivity (Wildman–Crippen MR) is 106 cm³/mol. The summed E-state index contributed by atoms with van der Waals surface area (Å²) in [6, 6.07) is 4.58. The van der Waals surface area contributed by atoms with E-state index in [0.717, 1.165) is 28.5 Å². The van der Waals surface area contributed by atoms with Crippen molar-refractivity contribution in [2.75, 3.05) is 18.0 Å². The number of hydrogen-bond donors (Lipinski definition) is 0. The molecule has 0 N–H and O–H groups in total. The van der Waals surface area contributed by atoms with Gasteiger partial charge in [-0.25, -0.2) is 9.50 Å². The van der Waals surface area contributed by atoms with E-state index >= 15 is 0 Å². The van der Waals surface area contributed by atoms with Gasteiger partial charge in [-0.05, 0) is 49.6 Å². The molecule has 0 bridgehead atoms. The van der Waals surface area contributed by atoms with Gasteiger partial charge < -0.3 is 9.80 Å². The number of fused-ring (bicyclic) bond motifs is 3. The van der Waals surface area contributed by atoms with Gasteiger partial charge in [0.05, 0.1) is 18.2 Å². The fraction of sp³-hybridized carbons (Fsp3) is 0.429. The lowest BCUT2D eigenvalue weighted by Gasteiger charge is -2.22. The molecule has 1 atom stereocenters. The normalized spacial score (nSPS) is 18.8. The van der Waals surface area contributed by atoms with Gasteiger partial charge in [0.15, 0.2) is 5.65 Å². The van der Waals surface area contributed by atoms with Crippen LogP contribution in [0.15, 0.2) is 24.4 Å². The molecule has 1 amide bonds.